The van der Waals surface area contributed by atoms with Crippen LogP contribution in [0.1, 0.15) is 39.0 Å². The average Bonchev–Trinajstić information content (AvgIpc) is 3.39. The summed E-state index contributed by atoms with van der Waals surface area (Å²) in [6, 6.07) is 7.64. The predicted octanol–water partition coefficient (Wildman–Crippen LogP) is 0.0556. The van der Waals surface area contributed by atoms with E-state index in [4.69, 9.17) is 4.74 Å². The minimum atomic E-state index is -0.748. The molecule has 2 aromatic heterocycles. The third-order valence-corrected chi connectivity index (χ3v) is 6.71. The van der Waals surface area contributed by atoms with Crippen molar-refractivity contribution in [2.24, 2.45) is 0 Å². The van der Waals surface area contributed by atoms with Crippen molar-refractivity contribution in [3.63, 3.8) is 0 Å². The molecule has 0 aliphatic carbocycles. The van der Waals surface area contributed by atoms with Gasteiger partial charge in [-0.2, -0.15) is 5.10 Å². The predicted molar refractivity (Wildman–Crippen MR) is 136 cm³/mol. The van der Waals surface area contributed by atoms with Crippen LogP contribution in [0.25, 0.3) is 5.65 Å². The number of nitrogens with zero attached hydrogens (tertiary/aromatic N) is 5. The van der Waals surface area contributed by atoms with Gasteiger partial charge in [0.15, 0.2) is 11.4 Å². The maximum atomic E-state index is 13.2. The highest BCUT2D eigenvalue weighted by Crippen LogP contribution is 2.24. The normalized spacial score (nSPS) is 16.5. The van der Waals surface area contributed by atoms with Gasteiger partial charge >= 0.3 is 0 Å². The third kappa shape index (κ3) is 5.35. The molecule has 1 fully saturated rings. The summed E-state index contributed by atoms with van der Waals surface area (Å²) in [6.07, 6.45) is 1.78. The summed E-state index contributed by atoms with van der Waals surface area (Å²) in [5.41, 5.74) is 2.04. The molecule has 2 aliphatic heterocycles. The molecule has 2 N–H and O–H groups in total. The Balaban J connectivity index is 1.28. The number of benzene rings is 1. The van der Waals surface area contributed by atoms with Gasteiger partial charge in [-0.15, -0.1) is 0 Å². The zero-order valence-corrected chi connectivity index (χ0v) is 21.3. The van der Waals surface area contributed by atoms with Crippen molar-refractivity contribution >= 4 is 29.2 Å². The van der Waals surface area contributed by atoms with Gasteiger partial charge in [0.05, 0.1) is 6.20 Å². The molecule has 3 amide bonds. The third-order valence-electron chi connectivity index (χ3n) is 6.71. The number of carbonyl (C=O) groups is 4. The van der Waals surface area contributed by atoms with Gasteiger partial charge in [-0.3, -0.25) is 19.2 Å². The minimum absolute atomic E-state index is 0.00218. The van der Waals surface area contributed by atoms with E-state index in [2.05, 4.69) is 25.6 Å². The molecular formula is C26H29N7O5. The molecule has 0 bridgehead atoms. The number of rotatable bonds is 6. The molecule has 198 valence electrons. The molecule has 12 nitrogen and oxygen atoms in total. The Morgan fingerprint density at radius 3 is 2.66 bits per heavy atom. The SMILES string of the molecule is C[C@H](NC(=O)c1cc(C(=O)NCc2ccc3c(c2)CC(=O)CO3)nc2ccnn12)C(=O)N1CCN(C)CC1. The number of amides is 3. The summed E-state index contributed by atoms with van der Waals surface area (Å²) in [7, 11) is 2.00. The Morgan fingerprint density at radius 2 is 1.87 bits per heavy atom. The van der Waals surface area contributed by atoms with Crippen LogP contribution in [0.5, 0.6) is 5.75 Å². The molecule has 4 heterocycles. The second kappa shape index (κ2) is 10.6. The number of nitrogens with one attached hydrogen (secondary N) is 2. The van der Waals surface area contributed by atoms with E-state index in [1.165, 1.54) is 16.8 Å². The molecule has 3 aromatic rings. The quantitative estimate of drug-likeness (QED) is 0.466. The molecule has 38 heavy (non-hydrogen) atoms. The molecule has 12 heteroatoms. The molecule has 0 radical (unpaired) electrons. The van der Waals surface area contributed by atoms with Gasteiger partial charge in [0.1, 0.15) is 29.8 Å². The van der Waals surface area contributed by atoms with Crippen LogP contribution in [-0.4, -0.2) is 93.8 Å². The lowest BCUT2D eigenvalue weighted by atomic mass is 10.0. The highest BCUT2D eigenvalue weighted by molar-refractivity contribution is 6.00. The first kappa shape index (κ1) is 25.3. The van der Waals surface area contributed by atoms with Gasteiger partial charge in [-0.05, 0) is 31.7 Å². The monoisotopic (exact) mass is 519 g/mol. The van der Waals surface area contributed by atoms with Gasteiger partial charge in [0.25, 0.3) is 11.8 Å². The maximum absolute atomic E-state index is 13.2. The summed E-state index contributed by atoms with van der Waals surface area (Å²) in [6.45, 7) is 4.68. The van der Waals surface area contributed by atoms with Crippen LogP contribution < -0.4 is 15.4 Å². The summed E-state index contributed by atoms with van der Waals surface area (Å²) in [5, 5.41) is 9.70. The highest BCUT2D eigenvalue weighted by atomic mass is 16.5. The maximum Gasteiger partial charge on any atom is 0.270 e. The van der Waals surface area contributed by atoms with Crippen LogP contribution >= 0.6 is 0 Å². The second-order valence-electron chi connectivity index (χ2n) is 9.58. The fourth-order valence-corrected chi connectivity index (χ4v) is 4.54. The number of ether oxygens (including phenoxy) is 1. The van der Waals surface area contributed by atoms with Crippen molar-refractivity contribution in [2.45, 2.75) is 25.9 Å². The summed E-state index contributed by atoms with van der Waals surface area (Å²) in [5.74, 6) is -0.503. The molecule has 5 rings (SSSR count). The van der Waals surface area contributed by atoms with E-state index in [1.807, 2.05) is 19.2 Å². The molecule has 1 saturated heterocycles. The Bertz CT molecular complexity index is 1410. The number of hydrogen-bond acceptors (Lipinski definition) is 8. The van der Waals surface area contributed by atoms with E-state index >= 15 is 0 Å². The summed E-state index contributed by atoms with van der Waals surface area (Å²) >= 11 is 0. The first-order chi connectivity index (χ1) is 18.3. The lowest BCUT2D eigenvalue weighted by molar-refractivity contribution is -0.134. The molecule has 0 unspecified atom stereocenters. The number of carbonyl (C=O) groups excluding carboxylic acids is 4. The molecule has 1 aromatic carbocycles. The van der Waals surface area contributed by atoms with E-state index in [1.54, 1.807) is 24.0 Å². The molecule has 0 saturated carbocycles. The van der Waals surface area contributed by atoms with E-state index in [-0.39, 0.29) is 36.2 Å². The molecule has 2 aliphatic rings. The van der Waals surface area contributed by atoms with Crippen molar-refractivity contribution in [1.29, 1.82) is 0 Å². The topological polar surface area (TPSA) is 138 Å². The first-order valence-corrected chi connectivity index (χ1v) is 12.5. The van der Waals surface area contributed by atoms with Gasteiger partial charge < -0.3 is 25.2 Å². The fraction of sp³-hybridized carbons (Fsp3) is 0.385. The van der Waals surface area contributed by atoms with E-state index in [9.17, 15) is 19.2 Å². The standard InChI is InChI=1S/C26H29N7O5/c1-16(26(37)32-9-7-31(2)8-10-32)29-25(36)21-13-20(30-23-5-6-28-33(21)23)24(35)27-14-17-3-4-22-18(11-17)12-19(34)15-38-22/h3-6,11,13,16H,7-10,12,14-15H2,1-2H3,(H,27,35)(H,29,36)/t16-/m0/s1. The van der Waals surface area contributed by atoms with Crippen molar-refractivity contribution in [1.82, 2.24) is 35.0 Å². The minimum Gasteiger partial charge on any atom is -0.486 e. The Hall–Kier alpha value is -4.32. The summed E-state index contributed by atoms with van der Waals surface area (Å²) in [4.78, 5) is 58.9. The number of hydrogen-bond donors (Lipinski definition) is 2. The second-order valence-corrected chi connectivity index (χ2v) is 9.58. The van der Waals surface area contributed by atoms with E-state index in [0.717, 1.165) is 24.2 Å². The summed E-state index contributed by atoms with van der Waals surface area (Å²) < 4.78 is 6.75. The van der Waals surface area contributed by atoms with Crippen LogP contribution in [-0.2, 0) is 22.6 Å². The van der Waals surface area contributed by atoms with Crippen LogP contribution in [0, 0.1) is 0 Å². The number of likely N-dealkylation sites (N-methyl/N-ethyl adjacent to an activating group) is 1. The van der Waals surface area contributed by atoms with Crippen LogP contribution in [0.2, 0.25) is 0 Å². The Labute approximate surface area is 218 Å². The number of ketones is 1. The van der Waals surface area contributed by atoms with Crippen molar-refractivity contribution in [3.05, 3.63) is 59.0 Å². The number of Topliss-reactive ketones (excluding diaryl/α,β-unsaturated/α-hetero) is 1. The lowest BCUT2D eigenvalue weighted by Crippen LogP contribution is -2.53. The molecule has 0 spiro atoms. The average molecular weight is 520 g/mol. The zero-order valence-electron chi connectivity index (χ0n) is 21.3. The molecular weight excluding hydrogens is 490 g/mol. The van der Waals surface area contributed by atoms with Gasteiger partial charge in [-0.1, -0.05) is 6.07 Å². The van der Waals surface area contributed by atoms with Crippen molar-refractivity contribution < 1.29 is 23.9 Å². The number of piperazine rings is 1. The van der Waals surface area contributed by atoms with Crippen LogP contribution in [0.3, 0.4) is 0 Å². The number of aromatic nitrogens is 3. The number of fused-ring (bicyclic) bond motifs is 2. The Kier molecular flexibility index (Phi) is 7.05. The van der Waals surface area contributed by atoms with E-state index in [0.29, 0.717) is 30.9 Å². The van der Waals surface area contributed by atoms with Crippen LogP contribution in [0.15, 0.2) is 36.5 Å². The van der Waals surface area contributed by atoms with Crippen LogP contribution in [0.4, 0.5) is 0 Å². The zero-order chi connectivity index (χ0) is 26.8. The van der Waals surface area contributed by atoms with Crippen molar-refractivity contribution in [3.8, 4) is 5.75 Å². The highest BCUT2D eigenvalue weighted by Gasteiger charge is 2.26. The lowest BCUT2D eigenvalue weighted by Gasteiger charge is -2.34. The van der Waals surface area contributed by atoms with Crippen molar-refractivity contribution in [2.75, 3.05) is 39.8 Å². The van der Waals surface area contributed by atoms with Gasteiger partial charge in [0, 0.05) is 56.8 Å². The fourth-order valence-electron chi connectivity index (χ4n) is 4.54. The molecule has 1 atom stereocenters. The smallest absolute Gasteiger partial charge is 0.270 e. The first-order valence-electron chi connectivity index (χ1n) is 12.5. The Morgan fingerprint density at radius 1 is 1.08 bits per heavy atom. The van der Waals surface area contributed by atoms with Gasteiger partial charge in [-0.25, -0.2) is 9.50 Å². The van der Waals surface area contributed by atoms with Gasteiger partial charge in [0.2, 0.25) is 5.91 Å². The largest absolute Gasteiger partial charge is 0.486 e. The van der Waals surface area contributed by atoms with E-state index < -0.39 is 17.9 Å².